The monoisotopic (exact) mass is 279 g/mol. The zero-order valence-corrected chi connectivity index (χ0v) is 11.2. The molecule has 0 aliphatic heterocycles. The zero-order valence-electron chi connectivity index (χ0n) is 10.4. The summed E-state index contributed by atoms with van der Waals surface area (Å²) in [5.74, 6) is 0.355. The summed E-state index contributed by atoms with van der Waals surface area (Å²) in [5.41, 5.74) is 6.33. The fourth-order valence-corrected chi connectivity index (χ4v) is 1.79. The molecule has 0 radical (unpaired) electrons. The molecule has 7 heteroatoms. The summed E-state index contributed by atoms with van der Waals surface area (Å²) in [4.78, 5) is 0.177. The highest BCUT2D eigenvalue weighted by atomic mass is 32.1. The maximum Gasteiger partial charge on any atom is 0.152 e. The Morgan fingerprint density at radius 3 is 2.95 bits per heavy atom. The van der Waals surface area contributed by atoms with Crippen LogP contribution in [0.4, 0.5) is 10.1 Å². The van der Waals surface area contributed by atoms with Crippen LogP contribution >= 0.6 is 12.2 Å². The third kappa shape index (κ3) is 3.05. The van der Waals surface area contributed by atoms with Gasteiger partial charge in [-0.2, -0.15) is 0 Å². The number of aryl methyl sites for hydroxylation is 1. The maximum atomic E-state index is 13.8. The van der Waals surface area contributed by atoms with Crippen molar-refractivity contribution in [2.24, 2.45) is 5.73 Å². The highest BCUT2D eigenvalue weighted by Crippen LogP contribution is 2.16. The van der Waals surface area contributed by atoms with Gasteiger partial charge in [0.05, 0.1) is 12.2 Å². The fraction of sp³-hybridized carbons (Fsp3) is 0.250. The molecule has 2 aromatic rings. The third-order valence-electron chi connectivity index (χ3n) is 2.73. The number of benzene rings is 1. The van der Waals surface area contributed by atoms with Crippen molar-refractivity contribution in [2.45, 2.75) is 20.0 Å². The van der Waals surface area contributed by atoms with E-state index in [1.165, 1.54) is 6.07 Å². The van der Waals surface area contributed by atoms with Crippen molar-refractivity contribution >= 4 is 22.9 Å². The molecule has 0 atom stereocenters. The van der Waals surface area contributed by atoms with Gasteiger partial charge in [-0.25, -0.2) is 4.39 Å². The van der Waals surface area contributed by atoms with Crippen LogP contribution in [0, 0.1) is 5.82 Å². The van der Waals surface area contributed by atoms with E-state index in [4.69, 9.17) is 18.0 Å². The maximum absolute atomic E-state index is 13.8. The molecule has 0 aliphatic carbocycles. The molecule has 0 saturated carbocycles. The summed E-state index contributed by atoms with van der Waals surface area (Å²) in [6, 6.07) is 4.60. The van der Waals surface area contributed by atoms with Crippen LogP contribution in [-0.2, 0) is 13.1 Å². The Kier molecular flexibility index (Phi) is 4.06. The molecule has 1 aromatic carbocycles. The highest BCUT2D eigenvalue weighted by molar-refractivity contribution is 7.80. The Hall–Kier alpha value is -2.02. The number of nitrogens with zero attached hydrogens (tertiary/aromatic N) is 3. The van der Waals surface area contributed by atoms with Gasteiger partial charge in [0.15, 0.2) is 5.82 Å². The quantitative estimate of drug-likeness (QED) is 0.815. The summed E-state index contributed by atoms with van der Waals surface area (Å²) < 4.78 is 15.7. The second-order valence-corrected chi connectivity index (χ2v) is 4.39. The Bertz CT molecular complexity index is 596. The summed E-state index contributed by atoms with van der Waals surface area (Å²) in [6.07, 6.45) is 1.64. The van der Waals surface area contributed by atoms with Gasteiger partial charge in [-0.15, -0.1) is 10.2 Å². The van der Waals surface area contributed by atoms with Gasteiger partial charge in [-0.05, 0) is 25.1 Å². The van der Waals surface area contributed by atoms with Crippen LogP contribution in [-0.4, -0.2) is 19.8 Å². The smallest absolute Gasteiger partial charge is 0.152 e. The van der Waals surface area contributed by atoms with Gasteiger partial charge in [0.25, 0.3) is 0 Å². The minimum absolute atomic E-state index is 0.177. The van der Waals surface area contributed by atoms with Crippen LogP contribution in [0.25, 0.3) is 0 Å². The van der Waals surface area contributed by atoms with Crippen molar-refractivity contribution in [3.05, 3.63) is 41.7 Å². The van der Waals surface area contributed by atoms with E-state index in [1.807, 2.05) is 11.5 Å². The van der Waals surface area contributed by atoms with Crippen LogP contribution in [0.3, 0.4) is 0 Å². The zero-order chi connectivity index (χ0) is 13.8. The number of halogens is 1. The summed E-state index contributed by atoms with van der Waals surface area (Å²) in [5, 5.41) is 10.7. The Morgan fingerprint density at radius 1 is 1.53 bits per heavy atom. The number of anilines is 1. The Balaban J connectivity index is 2.10. The fourth-order valence-electron chi connectivity index (χ4n) is 1.67. The molecule has 0 spiro atoms. The van der Waals surface area contributed by atoms with Crippen molar-refractivity contribution in [3.8, 4) is 0 Å². The molecule has 0 amide bonds. The van der Waals surface area contributed by atoms with E-state index < -0.39 is 5.82 Å². The molecule has 0 saturated heterocycles. The number of nitrogens with one attached hydrogen (secondary N) is 1. The van der Waals surface area contributed by atoms with Gasteiger partial charge in [0, 0.05) is 12.1 Å². The predicted octanol–water partition coefficient (Wildman–Crippen LogP) is 1.68. The number of hydrogen-bond donors (Lipinski definition) is 2. The first-order valence-corrected chi connectivity index (χ1v) is 6.22. The Morgan fingerprint density at radius 2 is 2.32 bits per heavy atom. The molecule has 100 valence electrons. The van der Waals surface area contributed by atoms with Crippen molar-refractivity contribution in [3.63, 3.8) is 0 Å². The molecule has 0 bridgehead atoms. The standard InChI is InChI=1S/C12H14FN5S/c1-2-18-7-16-17-11(18)6-15-10-4-3-8(12(14)19)5-9(10)13/h3-5,7,15H,2,6H2,1H3,(H2,14,19). The minimum Gasteiger partial charge on any atom is -0.389 e. The molecule has 3 N–H and O–H groups in total. The summed E-state index contributed by atoms with van der Waals surface area (Å²) in [7, 11) is 0. The largest absolute Gasteiger partial charge is 0.389 e. The average Bonchev–Trinajstić information content (AvgIpc) is 2.84. The number of nitrogens with two attached hydrogens (primary N) is 1. The van der Waals surface area contributed by atoms with Gasteiger partial charge in [0.1, 0.15) is 17.1 Å². The van der Waals surface area contributed by atoms with Crippen molar-refractivity contribution in [2.75, 3.05) is 5.32 Å². The topological polar surface area (TPSA) is 68.8 Å². The van der Waals surface area contributed by atoms with E-state index in [9.17, 15) is 4.39 Å². The average molecular weight is 279 g/mol. The van der Waals surface area contributed by atoms with Crippen LogP contribution in [0.5, 0.6) is 0 Å². The van der Waals surface area contributed by atoms with Crippen LogP contribution in [0.1, 0.15) is 18.3 Å². The van der Waals surface area contributed by atoms with Crippen LogP contribution in [0.15, 0.2) is 24.5 Å². The van der Waals surface area contributed by atoms with Gasteiger partial charge < -0.3 is 15.6 Å². The molecule has 0 unspecified atom stereocenters. The Labute approximate surface area is 115 Å². The number of aromatic nitrogens is 3. The van der Waals surface area contributed by atoms with Gasteiger partial charge in [-0.1, -0.05) is 12.2 Å². The highest BCUT2D eigenvalue weighted by Gasteiger charge is 2.07. The first kappa shape index (κ1) is 13.4. The molecule has 1 aromatic heterocycles. The molecule has 0 aliphatic rings. The van der Waals surface area contributed by atoms with Gasteiger partial charge in [0.2, 0.25) is 0 Å². The van der Waals surface area contributed by atoms with E-state index in [0.717, 1.165) is 12.4 Å². The van der Waals surface area contributed by atoms with Crippen molar-refractivity contribution < 1.29 is 4.39 Å². The van der Waals surface area contributed by atoms with Crippen molar-refractivity contribution in [1.29, 1.82) is 0 Å². The minimum atomic E-state index is -0.395. The molecular weight excluding hydrogens is 265 g/mol. The summed E-state index contributed by atoms with van der Waals surface area (Å²) in [6.45, 7) is 3.16. The second-order valence-electron chi connectivity index (χ2n) is 3.95. The van der Waals surface area contributed by atoms with Crippen LogP contribution < -0.4 is 11.1 Å². The van der Waals surface area contributed by atoms with E-state index in [-0.39, 0.29) is 4.99 Å². The lowest BCUT2D eigenvalue weighted by atomic mass is 10.2. The normalized spacial score (nSPS) is 10.4. The molecule has 0 fully saturated rings. The van der Waals surface area contributed by atoms with E-state index in [2.05, 4.69) is 15.5 Å². The van der Waals surface area contributed by atoms with Gasteiger partial charge in [-0.3, -0.25) is 0 Å². The lowest BCUT2D eigenvalue weighted by Crippen LogP contribution is -2.11. The molecular formula is C12H14FN5S. The van der Waals surface area contributed by atoms with Gasteiger partial charge >= 0.3 is 0 Å². The number of hydrogen-bond acceptors (Lipinski definition) is 4. The second kappa shape index (κ2) is 5.75. The van der Waals surface area contributed by atoms with E-state index in [0.29, 0.717) is 17.8 Å². The molecule has 1 heterocycles. The van der Waals surface area contributed by atoms with Crippen LogP contribution in [0.2, 0.25) is 0 Å². The lowest BCUT2D eigenvalue weighted by molar-refractivity contribution is 0.628. The van der Waals surface area contributed by atoms with Crippen molar-refractivity contribution in [1.82, 2.24) is 14.8 Å². The lowest BCUT2D eigenvalue weighted by Gasteiger charge is -2.09. The van der Waals surface area contributed by atoms with E-state index >= 15 is 0 Å². The first-order chi connectivity index (χ1) is 9.11. The SMILES string of the molecule is CCn1cnnc1CNc1ccc(C(N)=S)cc1F. The molecule has 5 nitrogen and oxygen atoms in total. The molecule has 2 rings (SSSR count). The summed E-state index contributed by atoms with van der Waals surface area (Å²) >= 11 is 4.80. The van der Waals surface area contributed by atoms with E-state index in [1.54, 1.807) is 18.5 Å². The number of thiocarbonyl (C=S) groups is 1. The predicted molar refractivity (Wildman–Crippen MR) is 75.3 cm³/mol. The molecule has 19 heavy (non-hydrogen) atoms. The first-order valence-electron chi connectivity index (χ1n) is 5.81. The third-order valence-corrected chi connectivity index (χ3v) is 2.96. The number of rotatable bonds is 5.